The molecule has 0 radical (unpaired) electrons. The molecule has 5 heteroatoms. The van der Waals surface area contributed by atoms with Gasteiger partial charge in [-0.05, 0) is 63.6 Å². The number of carbonyl (C=O) groups is 1. The number of hydrogen-bond donors (Lipinski definition) is 0. The maximum absolute atomic E-state index is 12.0. The van der Waals surface area contributed by atoms with Crippen molar-refractivity contribution in [2.75, 3.05) is 19.7 Å². The Labute approximate surface area is 139 Å². The molecule has 128 valence electrons. The number of pyridine rings is 1. The van der Waals surface area contributed by atoms with E-state index in [2.05, 4.69) is 4.98 Å². The van der Waals surface area contributed by atoms with E-state index in [1.54, 1.807) is 12.4 Å². The van der Waals surface area contributed by atoms with Gasteiger partial charge < -0.3 is 14.4 Å². The molecule has 1 fully saturated rings. The second-order valence-corrected chi connectivity index (χ2v) is 7.11. The van der Waals surface area contributed by atoms with Crippen molar-refractivity contribution < 1.29 is 14.3 Å². The van der Waals surface area contributed by atoms with Gasteiger partial charge >= 0.3 is 6.09 Å². The molecule has 1 saturated heterocycles. The van der Waals surface area contributed by atoms with Gasteiger partial charge in [0, 0.05) is 32.1 Å². The van der Waals surface area contributed by atoms with E-state index in [4.69, 9.17) is 9.47 Å². The Bertz CT molecular complexity index is 477. The first-order valence-corrected chi connectivity index (χ1v) is 8.38. The molecule has 23 heavy (non-hydrogen) atoms. The number of amides is 1. The predicted octanol–water partition coefficient (Wildman–Crippen LogP) is 3.64. The minimum Gasteiger partial charge on any atom is -0.444 e. The van der Waals surface area contributed by atoms with Crippen molar-refractivity contribution in [2.45, 2.75) is 52.2 Å². The van der Waals surface area contributed by atoms with Gasteiger partial charge in [0.05, 0.1) is 6.61 Å². The highest BCUT2D eigenvalue weighted by Gasteiger charge is 2.26. The molecule has 0 saturated carbocycles. The van der Waals surface area contributed by atoms with Gasteiger partial charge in [-0.25, -0.2) is 4.79 Å². The van der Waals surface area contributed by atoms with E-state index < -0.39 is 5.60 Å². The minimum atomic E-state index is -0.422. The summed E-state index contributed by atoms with van der Waals surface area (Å²) >= 11 is 0. The zero-order valence-electron chi connectivity index (χ0n) is 14.5. The van der Waals surface area contributed by atoms with Crippen LogP contribution in [0.1, 0.15) is 45.6 Å². The average Bonchev–Trinajstić information content (AvgIpc) is 2.51. The lowest BCUT2D eigenvalue weighted by molar-refractivity contribution is 0.0164. The maximum atomic E-state index is 12.0. The molecule has 2 heterocycles. The molecule has 1 aromatic heterocycles. The van der Waals surface area contributed by atoms with E-state index in [1.165, 1.54) is 0 Å². The largest absolute Gasteiger partial charge is 0.444 e. The minimum absolute atomic E-state index is 0.190. The Morgan fingerprint density at radius 1 is 1.26 bits per heavy atom. The first-order chi connectivity index (χ1) is 10.9. The van der Waals surface area contributed by atoms with Crippen molar-refractivity contribution >= 4 is 6.09 Å². The van der Waals surface area contributed by atoms with Crippen molar-refractivity contribution in [1.29, 1.82) is 0 Å². The van der Waals surface area contributed by atoms with Crippen LogP contribution in [0.15, 0.2) is 24.5 Å². The normalized spacial score (nSPS) is 16.4. The van der Waals surface area contributed by atoms with Crippen LogP contribution in [-0.2, 0) is 16.1 Å². The summed E-state index contributed by atoms with van der Waals surface area (Å²) in [5.74, 6) is 0.631. The summed E-state index contributed by atoms with van der Waals surface area (Å²) in [4.78, 5) is 17.8. The van der Waals surface area contributed by atoms with Crippen molar-refractivity contribution in [1.82, 2.24) is 9.88 Å². The lowest BCUT2D eigenvalue weighted by Gasteiger charge is -2.33. The van der Waals surface area contributed by atoms with Crippen LogP contribution < -0.4 is 0 Å². The quantitative estimate of drug-likeness (QED) is 0.777. The molecule has 0 spiro atoms. The van der Waals surface area contributed by atoms with Crippen LogP contribution in [0.25, 0.3) is 0 Å². The molecule has 0 aromatic carbocycles. The molecule has 0 N–H and O–H groups in total. The molecule has 1 aliphatic rings. The monoisotopic (exact) mass is 320 g/mol. The molecular weight excluding hydrogens is 292 g/mol. The third-order valence-electron chi connectivity index (χ3n) is 3.95. The fraction of sp³-hybridized carbons (Fsp3) is 0.667. The molecule has 1 aliphatic heterocycles. The standard InChI is InChI=1S/C18H28N2O3/c1-18(2,3)23-17(21)20-11-6-15(7-12-20)8-13-22-14-16-4-9-19-10-5-16/h4-5,9-10,15H,6-8,11-14H2,1-3H3. The second kappa shape index (κ2) is 8.29. The van der Waals surface area contributed by atoms with Gasteiger partial charge in [-0.2, -0.15) is 0 Å². The summed E-state index contributed by atoms with van der Waals surface area (Å²) in [7, 11) is 0. The highest BCUT2D eigenvalue weighted by Crippen LogP contribution is 2.22. The number of ether oxygens (including phenoxy) is 2. The van der Waals surface area contributed by atoms with Crippen molar-refractivity contribution in [3.63, 3.8) is 0 Å². The number of aromatic nitrogens is 1. The number of nitrogens with zero attached hydrogens (tertiary/aromatic N) is 2. The molecule has 0 unspecified atom stereocenters. The SMILES string of the molecule is CC(C)(C)OC(=O)N1CCC(CCOCc2ccncc2)CC1. The van der Waals surface area contributed by atoms with Crippen LogP contribution >= 0.6 is 0 Å². The summed E-state index contributed by atoms with van der Waals surface area (Å²) in [6.07, 6.45) is 6.48. The van der Waals surface area contributed by atoms with Crippen LogP contribution in [0.4, 0.5) is 4.79 Å². The van der Waals surface area contributed by atoms with Gasteiger partial charge in [0.25, 0.3) is 0 Å². The Morgan fingerprint density at radius 3 is 2.52 bits per heavy atom. The van der Waals surface area contributed by atoms with Crippen molar-refractivity contribution in [2.24, 2.45) is 5.92 Å². The molecule has 5 nitrogen and oxygen atoms in total. The van der Waals surface area contributed by atoms with E-state index in [9.17, 15) is 4.79 Å². The van der Waals surface area contributed by atoms with Gasteiger partial charge in [-0.1, -0.05) is 0 Å². The first-order valence-electron chi connectivity index (χ1n) is 8.38. The van der Waals surface area contributed by atoms with E-state index in [-0.39, 0.29) is 6.09 Å². The fourth-order valence-electron chi connectivity index (χ4n) is 2.65. The summed E-state index contributed by atoms with van der Waals surface area (Å²) in [6, 6.07) is 3.94. The predicted molar refractivity (Wildman–Crippen MR) is 89.0 cm³/mol. The van der Waals surface area contributed by atoms with Crippen LogP contribution in [-0.4, -0.2) is 41.3 Å². The number of hydrogen-bond acceptors (Lipinski definition) is 4. The zero-order valence-corrected chi connectivity index (χ0v) is 14.5. The van der Waals surface area contributed by atoms with Crippen LogP contribution in [0.3, 0.4) is 0 Å². The van der Waals surface area contributed by atoms with Gasteiger partial charge in [-0.3, -0.25) is 4.98 Å². The number of carbonyl (C=O) groups excluding carboxylic acids is 1. The zero-order chi connectivity index (χ0) is 16.7. The van der Waals surface area contributed by atoms with Gasteiger partial charge in [0.15, 0.2) is 0 Å². The lowest BCUT2D eigenvalue weighted by atomic mass is 9.94. The van der Waals surface area contributed by atoms with Gasteiger partial charge in [0.2, 0.25) is 0 Å². The van der Waals surface area contributed by atoms with E-state index in [1.807, 2.05) is 37.8 Å². The average molecular weight is 320 g/mol. The van der Waals surface area contributed by atoms with Crippen LogP contribution in [0.5, 0.6) is 0 Å². The summed E-state index contributed by atoms with van der Waals surface area (Å²) in [5.41, 5.74) is 0.731. The fourth-order valence-corrected chi connectivity index (χ4v) is 2.65. The Morgan fingerprint density at radius 2 is 1.91 bits per heavy atom. The molecule has 0 atom stereocenters. The van der Waals surface area contributed by atoms with Gasteiger partial charge in [0.1, 0.15) is 5.60 Å². The Hall–Kier alpha value is -1.62. The van der Waals surface area contributed by atoms with Gasteiger partial charge in [-0.15, -0.1) is 0 Å². The molecular formula is C18H28N2O3. The van der Waals surface area contributed by atoms with Crippen LogP contribution in [0.2, 0.25) is 0 Å². The summed E-state index contributed by atoms with van der Waals surface area (Å²) < 4.78 is 11.1. The Kier molecular flexibility index (Phi) is 6.39. The Balaban J connectivity index is 1.60. The van der Waals surface area contributed by atoms with E-state index >= 15 is 0 Å². The first kappa shape index (κ1) is 17.7. The third kappa shape index (κ3) is 6.57. The number of piperidine rings is 1. The van der Waals surface area contributed by atoms with Crippen molar-refractivity contribution in [3.05, 3.63) is 30.1 Å². The lowest BCUT2D eigenvalue weighted by Crippen LogP contribution is -2.41. The molecule has 0 aliphatic carbocycles. The highest BCUT2D eigenvalue weighted by atomic mass is 16.6. The number of rotatable bonds is 5. The second-order valence-electron chi connectivity index (χ2n) is 7.11. The number of likely N-dealkylation sites (tertiary alicyclic amines) is 1. The summed E-state index contributed by atoms with van der Waals surface area (Å²) in [6.45, 7) is 8.67. The van der Waals surface area contributed by atoms with Crippen LogP contribution in [0, 0.1) is 5.92 Å². The van der Waals surface area contributed by atoms with E-state index in [0.29, 0.717) is 12.5 Å². The highest BCUT2D eigenvalue weighted by molar-refractivity contribution is 5.68. The molecule has 1 amide bonds. The third-order valence-corrected chi connectivity index (χ3v) is 3.95. The maximum Gasteiger partial charge on any atom is 0.410 e. The van der Waals surface area contributed by atoms with E-state index in [0.717, 1.165) is 44.5 Å². The topological polar surface area (TPSA) is 51.7 Å². The summed E-state index contributed by atoms with van der Waals surface area (Å²) in [5, 5.41) is 0. The van der Waals surface area contributed by atoms with Crippen molar-refractivity contribution in [3.8, 4) is 0 Å². The molecule has 1 aromatic rings. The smallest absolute Gasteiger partial charge is 0.410 e. The molecule has 2 rings (SSSR count). The molecule has 0 bridgehead atoms.